The van der Waals surface area contributed by atoms with E-state index in [1.54, 1.807) is 17.2 Å². The number of hydrogen-bond acceptors (Lipinski definition) is 5. The van der Waals surface area contributed by atoms with Gasteiger partial charge in [0.25, 0.3) is 5.91 Å². The first-order valence-electron chi connectivity index (χ1n) is 8.59. The number of likely N-dealkylation sites (tertiary alicyclic amines) is 1. The van der Waals surface area contributed by atoms with Crippen LogP contribution < -0.4 is 5.32 Å². The quantitative estimate of drug-likeness (QED) is 0.811. The number of nitrogens with one attached hydrogen (secondary N) is 1. The Bertz CT molecular complexity index is 680. The highest BCUT2D eigenvalue weighted by atomic mass is 16.5. The van der Waals surface area contributed by atoms with E-state index in [0.717, 1.165) is 5.76 Å². The van der Waals surface area contributed by atoms with Crippen LogP contribution in [0.15, 0.2) is 22.8 Å². The van der Waals surface area contributed by atoms with Gasteiger partial charge in [-0.15, -0.1) is 0 Å². The number of furan rings is 1. The first-order valence-corrected chi connectivity index (χ1v) is 8.59. The van der Waals surface area contributed by atoms with Crippen molar-refractivity contribution in [3.63, 3.8) is 0 Å². The Morgan fingerprint density at radius 2 is 2.04 bits per heavy atom. The van der Waals surface area contributed by atoms with E-state index in [1.807, 2.05) is 6.07 Å². The van der Waals surface area contributed by atoms with Gasteiger partial charge in [-0.1, -0.05) is 0 Å². The standard InChI is InChI=1S/C17H21N3O5/c21-14-8-12(9-19(14)11-13-2-1-5-25-13)10-20-15(22)17(18-16(20)23)3-6-24-7-4-17/h1-2,5,12H,3-4,6-11H2,(H,18,23). The van der Waals surface area contributed by atoms with Crippen molar-refractivity contribution in [3.05, 3.63) is 24.2 Å². The van der Waals surface area contributed by atoms with Gasteiger partial charge in [-0.3, -0.25) is 14.5 Å². The van der Waals surface area contributed by atoms with E-state index in [1.165, 1.54) is 4.90 Å². The summed E-state index contributed by atoms with van der Waals surface area (Å²) < 4.78 is 10.6. The third kappa shape index (κ3) is 2.90. The first-order chi connectivity index (χ1) is 12.1. The molecule has 3 aliphatic rings. The molecule has 1 aromatic rings. The summed E-state index contributed by atoms with van der Waals surface area (Å²) in [6, 6.07) is 3.25. The van der Waals surface area contributed by atoms with Gasteiger partial charge in [0.05, 0.1) is 12.8 Å². The molecule has 0 saturated carbocycles. The molecule has 25 heavy (non-hydrogen) atoms. The minimum absolute atomic E-state index is 0.0224. The largest absolute Gasteiger partial charge is 0.467 e. The average Bonchev–Trinajstić information content (AvgIpc) is 3.27. The van der Waals surface area contributed by atoms with Crippen molar-refractivity contribution < 1.29 is 23.5 Å². The van der Waals surface area contributed by atoms with Crippen LogP contribution in [0.25, 0.3) is 0 Å². The van der Waals surface area contributed by atoms with E-state index in [0.29, 0.717) is 45.6 Å². The zero-order valence-electron chi connectivity index (χ0n) is 13.9. The van der Waals surface area contributed by atoms with E-state index in [9.17, 15) is 14.4 Å². The number of urea groups is 1. The molecule has 4 rings (SSSR count). The highest BCUT2D eigenvalue weighted by Crippen LogP contribution is 2.30. The fraction of sp³-hybridized carbons (Fsp3) is 0.588. The van der Waals surface area contributed by atoms with Gasteiger partial charge in [-0.05, 0) is 12.1 Å². The van der Waals surface area contributed by atoms with Gasteiger partial charge in [0.15, 0.2) is 0 Å². The van der Waals surface area contributed by atoms with Gasteiger partial charge in [-0.25, -0.2) is 4.79 Å². The number of carbonyl (C=O) groups excluding carboxylic acids is 3. The lowest BCUT2D eigenvalue weighted by atomic mass is 9.90. The Balaban J connectivity index is 1.40. The van der Waals surface area contributed by atoms with E-state index < -0.39 is 5.54 Å². The first kappa shape index (κ1) is 16.1. The average molecular weight is 347 g/mol. The topological polar surface area (TPSA) is 92.1 Å². The molecule has 3 aliphatic heterocycles. The van der Waals surface area contributed by atoms with Crippen molar-refractivity contribution in [1.29, 1.82) is 0 Å². The monoisotopic (exact) mass is 347 g/mol. The fourth-order valence-electron chi connectivity index (χ4n) is 3.88. The Labute approximate surface area is 145 Å². The molecule has 4 amide bonds. The van der Waals surface area contributed by atoms with Crippen molar-refractivity contribution in [3.8, 4) is 0 Å². The maximum Gasteiger partial charge on any atom is 0.325 e. The fourth-order valence-corrected chi connectivity index (χ4v) is 3.88. The number of ether oxygens (including phenoxy) is 1. The van der Waals surface area contributed by atoms with Gasteiger partial charge in [0.2, 0.25) is 5.91 Å². The Kier molecular flexibility index (Phi) is 3.99. The molecule has 8 nitrogen and oxygen atoms in total. The summed E-state index contributed by atoms with van der Waals surface area (Å²) in [5, 5.41) is 2.85. The molecule has 1 atom stereocenters. The summed E-state index contributed by atoms with van der Waals surface area (Å²) in [6.07, 6.45) is 2.92. The van der Waals surface area contributed by atoms with Crippen LogP contribution in [0.3, 0.4) is 0 Å². The molecule has 0 aromatic carbocycles. The van der Waals surface area contributed by atoms with E-state index in [4.69, 9.17) is 9.15 Å². The van der Waals surface area contributed by atoms with Gasteiger partial charge >= 0.3 is 6.03 Å². The van der Waals surface area contributed by atoms with Gasteiger partial charge in [0, 0.05) is 51.5 Å². The number of rotatable bonds is 4. The van der Waals surface area contributed by atoms with Crippen LogP contribution in [0.5, 0.6) is 0 Å². The Morgan fingerprint density at radius 3 is 2.76 bits per heavy atom. The highest BCUT2D eigenvalue weighted by molar-refractivity contribution is 6.07. The molecule has 1 unspecified atom stereocenters. The smallest absolute Gasteiger partial charge is 0.325 e. The van der Waals surface area contributed by atoms with Crippen molar-refractivity contribution >= 4 is 17.8 Å². The second kappa shape index (κ2) is 6.18. The highest BCUT2D eigenvalue weighted by Gasteiger charge is 2.52. The zero-order chi connectivity index (χ0) is 17.4. The third-order valence-corrected chi connectivity index (χ3v) is 5.25. The number of nitrogens with zero attached hydrogens (tertiary/aromatic N) is 2. The molecular weight excluding hydrogens is 326 g/mol. The predicted molar refractivity (Wildman–Crippen MR) is 85.3 cm³/mol. The predicted octanol–water partition coefficient (Wildman–Crippen LogP) is 0.729. The van der Waals surface area contributed by atoms with E-state index in [-0.39, 0.29) is 30.3 Å². The lowest BCUT2D eigenvalue weighted by Gasteiger charge is -2.30. The summed E-state index contributed by atoms with van der Waals surface area (Å²) in [6.45, 7) is 2.15. The lowest BCUT2D eigenvalue weighted by Crippen LogP contribution is -2.51. The number of hydrogen-bond donors (Lipinski definition) is 1. The van der Waals surface area contributed by atoms with Crippen LogP contribution in [0.4, 0.5) is 4.79 Å². The van der Waals surface area contributed by atoms with Gasteiger partial charge < -0.3 is 19.4 Å². The summed E-state index contributed by atoms with van der Waals surface area (Å²) >= 11 is 0. The van der Waals surface area contributed by atoms with Crippen molar-refractivity contribution in [2.45, 2.75) is 31.3 Å². The maximum absolute atomic E-state index is 12.8. The lowest BCUT2D eigenvalue weighted by molar-refractivity contribution is -0.135. The van der Waals surface area contributed by atoms with Crippen LogP contribution in [-0.4, -0.2) is 59.5 Å². The molecule has 1 spiro atoms. The molecule has 3 saturated heterocycles. The van der Waals surface area contributed by atoms with Crippen molar-refractivity contribution in [2.75, 3.05) is 26.3 Å². The molecule has 1 aromatic heterocycles. The van der Waals surface area contributed by atoms with Gasteiger partial charge in [0.1, 0.15) is 11.3 Å². The number of amides is 4. The molecule has 134 valence electrons. The molecule has 8 heteroatoms. The summed E-state index contributed by atoms with van der Waals surface area (Å²) in [7, 11) is 0. The van der Waals surface area contributed by atoms with Crippen molar-refractivity contribution in [1.82, 2.24) is 15.1 Å². The van der Waals surface area contributed by atoms with Crippen LogP contribution in [-0.2, 0) is 20.9 Å². The van der Waals surface area contributed by atoms with Crippen LogP contribution >= 0.6 is 0 Å². The van der Waals surface area contributed by atoms with Crippen molar-refractivity contribution in [2.24, 2.45) is 5.92 Å². The van der Waals surface area contributed by atoms with Gasteiger partial charge in [-0.2, -0.15) is 0 Å². The summed E-state index contributed by atoms with van der Waals surface area (Å²) in [5.74, 6) is 0.518. The minimum atomic E-state index is -0.814. The minimum Gasteiger partial charge on any atom is -0.467 e. The maximum atomic E-state index is 12.8. The van der Waals surface area contributed by atoms with Crippen LogP contribution in [0.2, 0.25) is 0 Å². The third-order valence-electron chi connectivity index (χ3n) is 5.25. The van der Waals surface area contributed by atoms with Crippen LogP contribution in [0, 0.1) is 5.92 Å². The number of imide groups is 1. The normalized spacial score (nSPS) is 25.9. The molecule has 0 bridgehead atoms. The molecule has 0 radical (unpaired) electrons. The van der Waals surface area contributed by atoms with E-state index >= 15 is 0 Å². The Morgan fingerprint density at radius 1 is 1.24 bits per heavy atom. The molecule has 1 N–H and O–H groups in total. The Hall–Kier alpha value is -2.35. The molecule has 0 aliphatic carbocycles. The van der Waals surface area contributed by atoms with E-state index in [2.05, 4.69) is 5.32 Å². The second-order valence-electron chi connectivity index (χ2n) is 6.96. The molecule has 4 heterocycles. The molecular formula is C17H21N3O5. The SMILES string of the molecule is O=C1CC(CN2C(=O)NC3(CCOCC3)C2=O)CN1Cc1ccco1. The zero-order valence-corrected chi connectivity index (χ0v) is 13.9. The second-order valence-corrected chi connectivity index (χ2v) is 6.96. The number of carbonyl (C=O) groups is 3. The molecule has 3 fully saturated rings. The summed E-state index contributed by atoms with van der Waals surface area (Å²) in [5.41, 5.74) is -0.814. The van der Waals surface area contributed by atoms with Crippen LogP contribution in [0.1, 0.15) is 25.0 Å². The summed E-state index contributed by atoms with van der Waals surface area (Å²) in [4.78, 5) is 40.3.